The Morgan fingerprint density at radius 2 is 1.79 bits per heavy atom. The van der Waals surface area contributed by atoms with Gasteiger partial charge in [-0.25, -0.2) is 0 Å². The molecule has 9 heteroatoms. The summed E-state index contributed by atoms with van der Waals surface area (Å²) in [4.78, 5) is 41.3. The molecule has 2 aliphatic heterocycles. The summed E-state index contributed by atoms with van der Waals surface area (Å²) in [5.41, 5.74) is -0.267. The van der Waals surface area contributed by atoms with E-state index in [1.54, 1.807) is 4.90 Å². The van der Waals surface area contributed by atoms with Crippen molar-refractivity contribution in [3.63, 3.8) is 0 Å². The highest BCUT2D eigenvalue weighted by Gasteiger charge is 2.41. The molecule has 0 radical (unpaired) electrons. The Morgan fingerprint density at radius 3 is 2.31 bits per heavy atom. The van der Waals surface area contributed by atoms with Gasteiger partial charge in [0, 0.05) is 43.4 Å². The third kappa shape index (κ3) is 4.94. The number of hydrogen-bond acceptors (Lipinski definition) is 6. The van der Waals surface area contributed by atoms with Crippen LogP contribution >= 0.6 is 11.3 Å². The second kappa shape index (κ2) is 8.38. The highest BCUT2D eigenvalue weighted by Crippen LogP contribution is 2.29. The Hall–Kier alpha value is -2.03. The number of nitrogens with one attached hydrogen (secondary N) is 1. The lowest BCUT2D eigenvalue weighted by atomic mass is 9.94. The number of aromatic nitrogens is 2. The minimum absolute atomic E-state index is 0.0367. The maximum absolute atomic E-state index is 12.9. The molecule has 2 fully saturated rings. The van der Waals surface area contributed by atoms with Gasteiger partial charge in [-0.3, -0.25) is 14.4 Å². The first kappa shape index (κ1) is 21.7. The van der Waals surface area contributed by atoms with Gasteiger partial charge in [0.05, 0.1) is 5.92 Å². The summed E-state index contributed by atoms with van der Waals surface area (Å²) in [6.07, 6.45) is 1.53. The van der Waals surface area contributed by atoms with Crippen molar-refractivity contribution < 1.29 is 14.4 Å². The van der Waals surface area contributed by atoms with E-state index in [0.717, 1.165) is 5.01 Å². The number of likely N-dealkylation sites (tertiary alicyclic amines) is 2. The predicted octanol–water partition coefficient (Wildman–Crippen LogP) is 2.49. The average molecular weight is 422 g/mol. The summed E-state index contributed by atoms with van der Waals surface area (Å²) in [6.45, 7) is 11.6. The molecule has 0 spiro atoms. The van der Waals surface area contributed by atoms with E-state index >= 15 is 0 Å². The molecule has 3 rings (SSSR count). The maximum atomic E-state index is 12.9. The van der Waals surface area contributed by atoms with E-state index in [1.807, 2.05) is 39.5 Å². The topological polar surface area (TPSA) is 95.5 Å². The summed E-state index contributed by atoms with van der Waals surface area (Å²) in [5, 5.41) is 12.4. The van der Waals surface area contributed by atoms with Crippen LogP contribution in [-0.2, 0) is 14.4 Å². The lowest BCUT2D eigenvalue weighted by molar-refractivity contribution is -0.138. The first-order chi connectivity index (χ1) is 13.6. The number of nitrogens with zero attached hydrogens (tertiary/aromatic N) is 4. The second-order valence-corrected chi connectivity index (χ2v) is 10.3. The zero-order chi connectivity index (χ0) is 21.3. The van der Waals surface area contributed by atoms with Crippen LogP contribution in [0.4, 0.5) is 5.13 Å². The fourth-order valence-corrected chi connectivity index (χ4v) is 4.62. The zero-order valence-corrected chi connectivity index (χ0v) is 18.7. The van der Waals surface area contributed by atoms with Crippen molar-refractivity contribution in [1.82, 2.24) is 20.0 Å². The zero-order valence-electron chi connectivity index (χ0n) is 17.9. The Balaban J connectivity index is 1.50. The summed E-state index contributed by atoms with van der Waals surface area (Å²) >= 11 is 1.40. The third-order valence-corrected chi connectivity index (χ3v) is 6.77. The predicted molar refractivity (Wildman–Crippen MR) is 112 cm³/mol. The molecule has 1 N–H and O–H groups in total. The highest BCUT2D eigenvalue weighted by atomic mass is 32.1. The van der Waals surface area contributed by atoms with Gasteiger partial charge >= 0.3 is 0 Å². The summed E-state index contributed by atoms with van der Waals surface area (Å²) in [7, 11) is 0. The largest absolute Gasteiger partial charge is 0.342 e. The van der Waals surface area contributed by atoms with Gasteiger partial charge in [0.15, 0.2) is 0 Å². The van der Waals surface area contributed by atoms with E-state index in [4.69, 9.17) is 0 Å². The molecule has 2 aliphatic rings. The van der Waals surface area contributed by atoms with Gasteiger partial charge in [-0.15, -0.1) is 10.2 Å². The number of hydrogen-bond donors (Lipinski definition) is 1. The lowest BCUT2D eigenvalue weighted by Crippen LogP contribution is -2.46. The SMILES string of the molecule is CC(C)c1nnc(NC(=O)C2CCN(C(=O)C3CC(=O)N(C(C)(C)C)C3)CC2)s1. The highest BCUT2D eigenvalue weighted by molar-refractivity contribution is 7.15. The molecule has 0 aromatic carbocycles. The molecule has 3 amide bonds. The van der Waals surface area contributed by atoms with Crippen LogP contribution in [0.15, 0.2) is 0 Å². The van der Waals surface area contributed by atoms with Gasteiger partial charge in [0.25, 0.3) is 0 Å². The van der Waals surface area contributed by atoms with Crippen LogP contribution in [0.25, 0.3) is 0 Å². The standard InChI is InChI=1S/C20H31N5O3S/c1-12(2)17-22-23-19(29-17)21-16(27)13-6-8-24(9-7-13)18(28)14-10-15(26)25(11-14)20(3,4)5/h12-14H,6-11H2,1-5H3,(H,21,23,27). The number of rotatable bonds is 4. The van der Waals surface area contributed by atoms with Crippen LogP contribution in [0.5, 0.6) is 0 Å². The van der Waals surface area contributed by atoms with Crippen molar-refractivity contribution in [2.24, 2.45) is 11.8 Å². The van der Waals surface area contributed by atoms with Gasteiger partial charge in [0.2, 0.25) is 22.9 Å². The molecule has 3 heterocycles. The molecule has 29 heavy (non-hydrogen) atoms. The summed E-state index contributed by atoms with van der Waals surface area (Å²) < 4.78 is 0. The van der Waals surface area contributed by atoms with Crippen molar-refractivity contribution in [1.29, 1.82) is 0 Å². The minimum Gasteiger partial charge on any atom is -0.342 e. The smallest absolute Gasteiger partial charge is 0.229 e. The average Bonchev–Trinajstić information content (AvgIpc) is 3.27. The Morgan fingerprint density at radius 1 is 1.14 bits per heavy atom. The quantitative estimate of drug-likeness (QED) is 0.806. The molecule has 1 unspecified atom stereocenters. The van der Waals surface area contributed by atoms with E-state index in [9.17, 15) is 14.4 Å². The second-order valence-electron chi connectivity index (χ2n) is 9.27. The molecule has 8 nitrogen and oxygen atoms in total. The lowest BCUT2D eigenvalue weighted by Gasteiger charge is -2.34. The normalized spacial score (nSPS) is 21.2. The van der Waals surface area contributed by atoms with Crippen LogP contribution in [0.3, 0.4) is 0 Å². The number of amides is 3. The molecule has 0 aliphatic carbocycles. The molecular formula is C20H31N5O3S. The Kier molecular flexibility index (Phi) is 6.26. The third-order valence-electron chi connectivity index (χ3n) is 5.63. The van der Waals surface area contributed by atoms with Crippen molar-refractivity contribution in [2.45, 2.75) is 65.3 Å². The molecule has 160 valence electrons. The monoisotopic (exact) mass is 421 g/mol. The molecule has 0 bridgehead atoms. The van der Waals surface area contributed by atoms with Crippen LogP contribution in [0.2, 0.25) is 0 Å². The van der Waals surface area contributed by atoms with E-state index in [-0.39, 0.29) is 47.4 Å². The van der Waals surface area contributed by atoms with Gasteiger partial charge in [-0.1, -0.05) is 25.2 Å². The van der Waals surface area contributed by atoms with Gasteiger partial charge < -0.3 is 15.1 Å². The van der Waals surface area contributed by atoms with E-state index in [0.29, 0.717) is 37.6 Å². The van der Waals surface area contributed by atoms with Crippen LogP contribution < -0.4 is 5.32 Å². The minimum atomic E-state index is -0.275. The summed E-state index contributed by atoms with van der Waals surface area (Å²) in [5.74, 6) is -0.107. The number of carbonyl (C=O) groups excluding carboxylic acids is 3. The molecule has 1 aromatic rings. The van der Waals surface area contributed by atoms with Crippen molar-refractivity contribution >= 4 is 34.2 Å². The first-order valence-corrected chi connectivity index (χ1v) is 11.1. The van der Waals surface area contributed by atoms with E-state index < -0.39 is 0 Å². The number of carbonyl (C=O) groups is 3. The number of anilines is 1. The fourth-order valence-electron chi connectivity index (χ4n) is 3.87. The molecule has 2 saturated heterocycles. The number of piperidine rings is 1. The van der Waals surface area contributed by atoms with Crippen molar-refractivity contribution in [3.05, 3.63) is 5.01 Å². The Bertz CT molecular complexity index is 777. The van der Waals surface area contributed by atoms with Gasteiger partial charge in [-0.05, 0) is 33.6 Å². The molecule has 0 saturated carbocycles. The van der Waals surface area contributed by atoms with Crippen LogP contribution in [0, 0.1) is 11.8 Å². The first-order valence-electron chi connectivity index (χ1n) is 10.3. The van der Waals surface area contributed by atoms with Crippen LogP contribution in [0.1, 0.15) is 64.8 Å². The summed E-state index contributed by atoms with van der Waals surface area (Å²) in [6, 6.07) is 0. The Labute approximate surface area is 176 Å². The maximum Gasteiger partial charge on any atom is 0.229 e. The van der Waals surface area contributed by atoms with E-state index in [2.05, 4.69) is 15.5 Å². The van der Waals surface area contributed by atoms with E-state index in [1.165, 1.54) is 11.3 Å². The van der Waals surface area contributed by atoms with Crippen molar-refractivity contribution in [2.75, 3.05) is 25.0 Å². The molecule has 1 aromatic heterocycles. The molecular weight excluding hydrogens is 390 g/mol. The van der Waals surface area contributed by atoms with Crippen LogP contribution in [-0.4, -0.2) is 62.9 Å². The van der Waals surface area contributed by atoms with Gasteiger partial charge in [0.1, 0.15) is 5.01 Å². The molecule has 1 atom stereocenters. The van der Waals surface area contributed by atoms with Gasteiger partial charge in [-0.2, -0.15) is 0 Å². The fraction of sp³-hybridized carbons (Fsp3) is 0.750. The van der Waals surface area contributed by atoms with Crippen molar-refractivity contribution in [3.8, 4) is 0 Å².